The van der Waals surface area contributed by atoms with Gasteiger partial charge in [0.1, 0.15) is 5.82 Å². The summed E-state index contributed by atoms with van der Waals surface area (Å²) in [5, 5.41) is 3.46. The lowest BCUT2D eigenvalue weighted by Gasteiger charge is -2.32. The summed E-state index contributed by atoms with van der Waals surface area (Å²) in [4.78, 5) is 25.7. The molecule has 7 nitrogen and oxygen atoms in total. The Morgan fingerprint density at radius 1 is 1.15 bits per heavy atom. The van der Waals surface area contributed by atoms with Gasteiger partial charge in [-0.05, 0) is 43.4 Å². The predicted octanol–water partition coefficient (Wildman–Crippen LogP) is 3.66. The molecule has 4 rings (SSSR count). The Kier molecular flexibility index (Phi) is 9.74. The summed E-state index contributed by atoms with van der Waals surface area (Å²) in [6, 6.07) is 14.7. The van der Waals surface area contributed by atoms with Gasteiger partial charge in [-0.2, -0.15) is 0 Å². The quantitative estimate of drug-likeness (QED) is 0.313. The van der Waals surface area contributed by atoms with Crippen molar-refractivity contribution >= 4 is 47.2 Å². The first kappa shape index (κ1) is 26.0. The molecule has 1 aromatic heterocycles. The number of primary amides is 1. The molecule has 0 saturated carbocycles. The van der Waals surface area contributed by atoms with Crippen molar-refractivity contribution in [1.29, 1.82) is 0 Å². The molecule has 2 aliphatic rings. The molecular weight excluding hydrogens is 539 g/mol. The Balaban J connectivity index is 0.00000324. The number of halogens is 1. The van der Waals surface area contributed by atoms with E-state index in [1.165, 1.54) is 11.1 Å². The van der Waals surface area contributed by atoms with Crippen molar-refractivity contribution in [1.82, 2.24) is 15.2 Å². The number of benzene rings is 1. The van der Waals surface area contributed by atoms with Crippen molar-refractivity contribution in [2.24, 2.45) is 16.6 Å². The van der Waals surface area contributed by atoms with Gasteiger partial charge >= 0.3 is 0 Å². The van der Waals surface area contributed by atoms with E-state index < -0.39 is 0 Å². The zero-order chi connectivity index (χ0) is 23.0. The number of nitrogens with one attached hydrogen (secondary N) is 1. The molecule has 1 aromatic carbocycles. The van der Waals surface area contributed by atoms with Crippen LogP contribution in [0.1, 0.15) is 37.3 Å². The Morgan fingerprint density at radius 2 is 1.91 bits per heavy atom. The van der Waals surface area contributed by atoms with Crippen LogP contribution >= 0.6 is 24.0 Å². The maximum Gasteiger partial charge on any atom is 0.220 e. The first-order valence-corrected chi connectivity index (χ1v) is 11.9. The molecule has 0 atom stereocenters. The van der Waals surface area contributed by atoms with E-state index in [1.54, 1.807) is 0 Å². The molecule has 182 valence electrons. The van der Waals surface area contributed by atoms with E-state index >= 15 is 0 Å². The highest BCUT2D eigenvalue weighted by molar-refractivity contribution is 14.0. The molecule has 8 heteroatoms. The van der Waals surface area contributed by atoms with Gasteiger partial charge in [-0.1, -0.05) is 42.5 Å². The van der Waals surface area contributed by atoms with Gasteiger partial charge in [0.2, 0.25) is 5.91 Å². The molecule has 0 radical (unpaired) electrons. The summed E-state index contributed by atoms with van der Waals surface area (Å²) in [7, 11) is 0. The van der Waals surface area contributed by atoms with Crippen LogP contribution in [-0.4, -0.2) is 54.5 Å². The number of hydrogen-bond donors (Lipinski definition) is 2. The maximum absolute atomic E-state index is 11.5. The van der Waals surface area contributed by atoms with E-state index in [2.05, 4.69) is 69.5 Å². The lowest BCUT2D eigenvalue weighted by molar-refractivity contribution is -0.122. The van der Waals surface area contributed by atoms with E-state index in [-0.39, 0.29) is 35.8 Å². The van der Waals surface area contributed by atoms with Crippen LogP contribution in [-0.2, 0) is 11.3 Å². The number of guanidine groups is 1. The summed E-state index contributed by atoms with van der Waals surface area (Å²) in [5.41, 5.74) is 9.30. The summed E-state index contributed by atoms with van der Waals surface area (Å²) >= 11 is 0. The van der Waals surface area contributed by atoms with E-state index in [9.17, 15) is 4.79 Å². The van der Waals surface area contributed by atoms with Crippen LogP contribution in [0.4, 0.5) is 5.82 Å². The third kappa shape index (κ3) is 6.49. The molecule has 0 spiro atoms. The Bertz CT molecular complexity index is 1000. The average molecular weight is 575 g/mol. The highest BCUT2D eigenvalue weighted by Crippen LogP contribution is 2.25. The van der Waals surface area contributed by atoms with Crippen molar-refractivity contribution in [3.05, 3.63) is 65.9 Å². The molecule has 3 N–H and O–H groups in total. The van der Waals surface area contributed by atoms with Crippen LogP contribution in [0.3, 0.4) is 0 Å². The average Bonchev–Trinajstić information content (AvgIpc) is 2.87. The summed E-state index contributed by atoms with van der Waals surface area (Å²) in [5.74, 6) is 1.68. The van der Waals surface area contributed by atoms with Crippen molar-refractivity contribution in [2.75, 3.05) is 37.6 Å². The number of pyridine rings is 1. The number of hydrogen-bond acceptors (Lipinski definition) is 4. The molecule has 3 heterocycles. The first-order valence-electron chi connectivity index (χ1n) is 11.9. The standard InChI is InChI=1S/C26H34N6O.HI/c1-2-28-26(32-17-10-21(11-18-32)20-7-4-3-5-8-20)30-19-23-9-6-14-29-25(23)31-15-12-22(13-16-31)24(27)33;/h3-10,14,22H,2,11-13,15-19H2,1H3,(H2,27,33)(H,28,30);1H. The van der Waals surface area contributed by atoms with Crippen LogP contribution in [0, 0.1) is 5.92 Å². The molecule has 1 fully saturated rings. The Labute approximate surface area is 219 Å². The SMILES string of the molecule is CCNC(=NCc1cccnc1N1CCC(C(N)=O)CC1)N1CC=C(c2ccccc2)CC1.I. The lowest BCUT2D eigenvalue weighted by atomic mass is 9.96. The van der Waals surface area contributed by atoms with Crippen molar-refractivity contribution in [2.45, 2.75) is 32.7 Å². The van der Waals surface area contributed by atoms with Gasteiger partial charge in [-0.3, -0.25) is 4.79 Å². The largest absolute Gasteiger partial charge is 0.369 e. The monoisotopic (exact) mass is 574 g/mol. The minimum Gasteiger partial charge on any atom is -0.369 e. The van der Waals surface area contributed by atoms with Crippen molar-refractivity contribution in [3.8, 4) is 0 Å². The van der Waals surface area contributed by atoms with Gasteiger partial charge in [0.25, 0.3) is 0 Å². The molecule has 0 bridgehead atoms. The number of aromatic nitrogens is 1. The second kappa shape index (κ2) is 12.7. The molecule has 0 aliphatic carbocycles. The van der Waals surface area contributed by atoms with Gasteiger partial charge < -0.3 is 20.9 Å². The molecule has 1 saturated heterocycles. The number of anilines is 1. The zero-order valence-corrected chi connectivity index (χ0v) is 22.2. The third-order valence-corrected chi connectivity index (χ3v) is 6.45. The molecule has 1 amide bonds. The molecule has 2 aromatic rings. The Morgan fingerprint density at radius 3 is 2.56 bits per heavy atom. The zero-order valence-electron chi connectivity index (χ0n) is 19.8. The summed E-state index contributed by atoms with van der Waals surface area (Å²) < 4.78 is 0. The highest BCUT2D eigenvalue weighted by atomic mass is 127. The number of piperidine rings is 1. The number of rotatable bonds is 6. The van der Waals surface area contributed by atoms with Gasteiger partial charge in [-0.15, -0.1) is 24.0 Å². The molecule has 0 unspecified atom stereocenters. The van der Waals surface area contributed by atoms with E-state index in [4.69, 9.17) is 10.7 Å². The second-order valence-corrected chi connectivity index (χ2v) is 8.61. The predicted molar refractivity (Wildman–Crippen MR) is 149 cm³/mol. The number of nitrogens with zero attached hydrogens (tertiary/aromatic N) is 4. The molecule has 2 aliphatic heterocycles. The van der Waals surface area contributed by atoms with E-state index in [0.717, 1.165) is 69.3 Å². The van der Waals surface area contributed by atoms with Crippen LogP contribution in [0.5, 0.6) is 0 Å². The van der Waals surface area contributed by atoms with Crippen molar-refractivity contribution in [3.63, 3.8) is 0 Å². The van der Waals surface area contributed by atoms with Crippen LogP contribution < -0.4 is 16.0 Å². The molecular formula is C26H35IN6O. The number of nitrogens with two attached hydrogens (primary N) is 1. The minimum atomic E-state index is -0.193. The van der Waals surface area contributed by atoms with Gasteiger partial charge in [0, 0.05) is 50.4 Å². The van der Waals surface area contributed by atoms with Crippen LogP contribution in [0.25, 0.3) is 5.57 Å². The van der Waals surface area contributed by atoms with Gasteiger partial charge in [0.15, 0.2) is 5.96 Å². The lowest BCUT2D eigenvalue weighted by Crippen LogP contribution is -2.43. The fraction of sp³-hybridized carbons (Fsp3) is 0.423. The highest BCUT2D eigenvalue weighted by Gasteiger charge is 2.25. The number of amides is 1. The fourth-order valence-corrected chi connectivity index (χ4v) is 4.58. The maximum atomic E-state index is 11.5. The summed E-state index contributed by atoms with van der Waals surface area (Å²) in [6.07, 6.45) is 6.70. The number of aliphatic imine (C=N–C) groups is 1. The Hall–Kier alpha value is -2.62. The molecule has 34 heavy (non-hydrogen) atoms. The van der Waals surface area contributed by atoms with E-state index in [1.807, 2.05) is 12.3 Å². The van der Waals surface area contributed by atoms with Gasteiger partial charge in [0.05, 0.1) is 6.54 Å². The minimum absolute atomic E-state index is 0. The second-order valence-electron chi connectivity index (χ2n) is 8.61. The first-order chi connectivity index (χ1) is 16.2. The number of carbonyl (C=O) groups is 1. The summed E-state index contributed by atoms with van der Waals surface area (Å²) in [6.45, 7) is 6.85. The topological polar surface area (TPSA) is 86.9 Å². The smallest absolute Gasteiger partial charge is 0.220 e. The van der Waals surface area contributed by atoms with Crippen molar-refractivity contribution < 1.29 is 4.79 Å². The third-order valence-electron chi connectivity index (χ3n) is 6.45. The normalized spacial score (nSPS) is 17.1. The van der Waals surface area contributed by atoms with Crippen LogP contribution in [0.15, 0.2) is 59.7 Å². The van der Waals surface area contributed by atoms with Gasteiger partial charge in [-0.25, -0.2) is 9.98 Å². The number of carbonyl (C=O) groups excluding carboxylic acids is 1. The van der Waals surface area contributed by atoms with Crippen LogP contribution in [0.2, 0.25) is 0 Å². The van der Waals surface area contributed by atoms with E-state index in [0.29, 0.717) is 6.54 Å². The fourth-order valence-electron chi connectivity index (χ4n) is 4.58.